The lowest BCUT2D eigenvalue weighted by molar-refractivity contribution is -0.119. The predicted molar refractivity (Wildman–Crippen MR) is 90.7 cm³/mol. The van der Waals surface area contributed by atoms with Crippen LogP contribution in [0.4, 0.5) is 5.69 Å². The van der Waals surface area contributed by atoms with E-state index in [-0.39, 0.29) is 17.3 Å². The van der Waals surface area contributed by atoms with Crippen LogP contribution in [0.15, 0.2) is 65.6 Å². The van der Waals surface area contributed by atoms with Crippen LogP contribution < -0.4 is 9.62 Å². The highest BCUT2D eigenvalue weighted by atomic mass is 32.2. The summed E-state index contributed by atoms with van der Waals surface area (Å²) in [5.74, 6) is -0.324. The first kappa shape index (κ1) is 17.0. The molecule has 23 heavy (non-hydrogen) atoms. The molecule has 2 rings (SSSR count). The van der Waals surface area contributed by atoms with E-state index in [0.717, 1.165) is 10.7 Å². The van der Waals surface area contributed by atoms with Crippen LogP contribution in [0.25, 0.3) is 0 Å². The lowest BCUT2D eigenvalue weighted by Crippen LogP contribution is -2.41. The Balaban J connectivity index is 2.36. The molecule has 0 aliphatic carbocycles. The smallest absolute Gasteiger partial charge is 0.264 e. The number of nitrogens with zero attached hydrogens (tertiary/aromatic N) is 1. The average molecular weight is 332 g/mol. The standard InChI is InChI=1S/C17H20N2O3S/c1-2-13-18-17(20)14-19(15-9-5-3-6-10-15)23(21,22)16-11-7-4-8-12-16/h3-12H,2,13-14H2,1H3,(H,18,20). The molecule has 0 saturated carbocycles. The van der Waals surface area contributed by atoms with Gasteiger partial charge in [-0.1, -0.05) is 43.3 Å². The van der Waals surface area contributed by atoms with Crippen LogP contribution in [0, 0.1) is 0 Å². The molecule has 0 heterocycles. The molecule has 0 saturated heterocycles. The topological polar surface area (TPSA) is 66.5 Å². The van der Waals surface area contributed by atoms with E-state index in [1.807, 2.05) is 6.92 Å². The Hall–Kier alpha value is -2.34. The fourth-order valence-corrected chi connectivity index (χ4v) is 3.52. The highest BCUT2D eigenvalue weighted by molar-refractivity contribution is 7.92. The van der Waals surface area contributed by atoms with Gasteiger partial charge in [-0.3, -0.25) is 9.10 Å². The van der Waals surface area contributed by atoms with Crippen molar-refractivity contribution in [3.8, 4) is 0 Å². The zero-order valence-electron chi connectivity index (χ0n) is 13.0. The number of nitrogens with one attached hydrogen (secondary N) is 1. The minimum atomic E-state index is -3.80. The normalized spacial score (nSPS) is 11.0. The molecule has 1 amide bonds. The van der Waals surface area contributed by atoms with Gasteiger partial charge in [0.05, 0.1) is 10.6 Å². The first-order chi connectivity index (χ1) is 11.1. The molecule has 0 aliphatic heterocycles. The van der Waals surface area contributed by atoms with Gasteiger partial charge in [-0.15, -0.1) is 0 Å². The highest BCUT2D eigenvalue weighted by Gasteiger charge is 2.26. The van der Waals surface area contributed by atoms with E-state index >= 15 is 0 Å². The summed E-state index contributed by atoms with van der Waals surface area (Å²) in [6.07, 6.45) is 0.794. The summed E-state index contributed by atoms with van der Waals surface area (Å²) >= 11 is 0. The average Bonchev–Trinajstić information content (AvgIpc) is 2.59. The van der Waals surface area contributed by atoms with Gasteiger partial charge in [0.15, 0.2) is 0 Å². The van der Waals surface area contributed by atoms with E-state index in [0.29, 0.717) is 12.2 Å². The first-order valence-electron chi connectivity index (χ1n) is 7.45. The monoisotopic (exact) mass is 332 g/mol. The van der Waals surface area contributed by atoms with Crippen LogP contribution in [0.3, 0.4) is 0 Å². The molecule has 0 aromatic heterocycles. The third-order valence-electron chi connectivity index (χ3n) is 3.23. The molecule has 0 fully saturated rings. The molecule has 122 valence electrons. The number of benzene rings is 2. The minimum Gasteiger partial charge on any atom is -0.355 e. The Morgan fingerprint density at radius 2 is 1.57 bits per heavy atom. The molecular formula is C17H20N2O3S. The van der Waals surface area contributed by atoms with Gasteiger partial charge < -0.3 is 5.32 Å². The quantitative estimate of drug-likeness (QED) is 0.847. The number of carbonyl (C=O) groups excluding carboxylic acids is 1. The van der Waals surface area contributed by atoms with Gasteiger partial charge >= 0.3 is 0 Å². The van der Waals surface area contributed by atoms with Crippen molar-refractivity contribution in [3.63, 3.8) is 0 Å². The molecule has 2 aromatic carbocycles. The number of rotatable bonds is 7. The van der Waals surface area contributed by atoms with Crippen LogP contribution in [0.2, 0.25) is 0 Å². The number of hydrogen-bond acceptors (Lipinski definition) is 3. The summed E-state index contributed by atoms with van der Waals surface area (Å²) in [5.41, 5.74) is 0.461. The second kappa shape index (κ2) is 7.78. The summed E-state index contributed by atoms with van der Waals surface area (Å²) in [6.45, 7) is 2.21. The second-order valence-corrected chi connectivity index (χ2v) is 6.87. The van der Waals surface area contributed by atoms with Crippen molar-refractivity contribution in [2.45, 2.75) is 18.2 Å². The molecule has 0 spiro atoms. The summed E-state index contributed by atoms with van der Waals surface area (Å²) in [6, 6.07) is 16.7. The highest BCUT2D eigenvalue weighted by Crippen LogP contribution is 2.22. The Labute approximate surface area is 137 Å². The summed E-state index contributed by atoms with van der Waals surface area (Å²) in [4.78, 5) is 12.2. The molecule has 2 aromatic rings. The third kappa shape index (κ3) is 4.32. The van der Waals surface area contributed by atoms with Gasteiger partial charge in [-0.2, -0.15) is 0 Å². The molecule has 0 bridgehead atoms. The SMILES string of the molecule is CCCNC(=O)CN(c1ccccc1)S(=O)(=O)c1ccccc1. The maximum atomic E-state index is 12.9. The summed E-state index contributed by atoms with van der Waals surface area (Å²) in [7, 11) is -3.80. The molecule has 6 heteroatoms. The fourth-order valence-electron chi connectivity index (χ4n) is 2.08. The number of anilines is 1. The van der Waals surface area contributed by atoms with E-state index in [4.69, 9.17) is 0 Å². The molecule has 0 radical (unpaired) electrons. The van der Waals surface area contributed by atoms with Gasteiger partial charge in [0, 0.05) is 6.54 Å². The number of hydrogen-bond donors (Lipinski definition) is 1. The number of amides is 1. The van der Waals surface area contributed by atoms with Crippen LogP contribution in [0.5, 0.6) is 0 Å². The summed E-state index contributed by atoms with van der Waals surface area (Å²) < 4.78 is 26.9. The van der Waals surface area contributed by atoms with Crippen molar-refractivity contribution in [2.24, 2.45) is 0 Å². The molecule has 0 aliphatic rings. The van der Waals surface area contributed by atoms with E-state index in [9.17, 15) is 13.2 Å². The predicted octanol–water partition coefficient (Wildman–Crippen LogP) is 2.41. The Morgan fingerprint density at radius 3 is 2.13 bits per heavy atom. The van der Waals surface area contributed by atoms with E-state index in [2.05, 4.69) is 5.32 Å². The Morgan fingerprint density at radius 1 is 1.00 bits per heavy atom. The largest absolute Gasteiger partial charge is 0.355 e. The van der Waals surface area contributed by atoms with Crippen LogP contribution >= 0.6 is 0 Å². The second-order valence-electron chi connectivity index (χ2n) is 5.01. The van der Waals surface area contributed by atoms with Gasteiger partial charge in [-0.05, 0) is 30.7 Å². The zero-order chi connectivity index (χ0) is 16.7. The lowest BCUT2D eigenvalue weighted by atomic mass is 10.3. The van der Waals surface area contributed by atoms with Gasteiger partial charge in [0.2, 0.25) is 5.91 Å². The van der Waals surface area contributed by atoms with Gasteiger partial charge in [-0.25, -0.2) is 8.42 Å². The Bertz CT molecular complexity index is 731. The van der Waals surface area contributed by atoms with Crippen LogP contribution in [-0.4, -0.2) is 27.4 Å². The minimum absolute atomic E-state index is 0.159. The van der Waals surface area contributed by atoms with Crippen molar-refractivity contribution in [2.75, 3.05) is 17.4 Å². The molecular weight excluding hydrogens is 312 g/mol. The van der Waals surface area contributed by atoms with Crippen LogP contribution in [-0.2, 0) is 14.8 Å². The molecule has 1 N–H and O–H groups in total. The first-order valence-corrected chi connectivity index (χ1v) is 8.89. The molecule has 0 unspecified atom stereocenters. The van der Waals surface area contributed by atoms with E-state index in [1.54, 1.807) is 48.5 Å². The van der Waals surface area contributed by atoms with Crippen molar-refractivity contribution in [1.29, 1.82) is 0 Å². The van der Waals surface area contributed by atoms with Crippen molar-refractivity contribution >= 4 is 21.6 Å². The van der Waals surface area contributed by atoms with E-state index in [1.165, 1.54) is 12.1 Å². The van der Waals surface area contributed by atoms with Gasteiger partial charge in [0.1, 0.15) is 6.54 Å². The van der Waals surface area contributed by atoms with Crippen molar-refractivity contribution in [1.82, 2.24) is 5.32 Å². The maximum Gasteiger partial charge on any atom is 0.264 e. The number of sulfonamides is 1. The van der Waals surface area contributed by atoms with Crippen molar-refractivity contribution in [3.05, 3.63) is 60.7 Å². The van der Waals surface area contributed by atoms with Crippen LogP contribution in [0.1, 0.15) is 13.3 Å². The molecule has 0 atom stereocenters. The van der Waals surface area contributed by atoms with Gasteiger partial charge in [0.25, 0.3) is 10.0 Å². The fraction of sp³-hybridized carbons (Fsp3) is 0.235. The maximum absolute atomic E-state index is 12.9. The zero-order valence-corrected chi connectivity index (χ0v) is 13.8. The van der Waals surface area contributed by atoms with E-state index < -0.39 is 10.0 Å². The summed E-state index contributed by atoms with van der Waals surface area (Å²) in [5, 5.41) is 2.71. The number of carbonyl (C=O) groups is 1. The number of para-hydroxylation sites is 1. The third-order valence-corrected chi connectivity index (χ3v) is 5.02. The van der Waals surface area contributed by atoms with Crippen molar-refractivity contribution < 1.29 is 13.2 Å². The lowest BCUT2D eigenvalue weighted by Gasteiger charge is -2.24. The Kier molecular flexibility index (Phi) is 5.76. The molecule has 5 nitrogen and oxygen atoms in total.